The fourth-order valence-corrected chi connectivity index (χ4v) is 1.73. The van der Waals surface area contributed by atoms with Crippen LogP contribution in [0.1, 0.15) is 24.4 Å². The summed E-state index contributed by atoms with van der Waals surface area (Å²) >= 11 is 4.22. The largest absolute Gasteiger partial charge is 0.508 e. The van der Waals surface area contributed by atoms with E-state index in [1.54, 1.807) is 12.1 Å². The molecule has 0 spiro atoms. The first-order valence-corrected chi connectivity index (χ1v) is 4.90. The van der Waals surface area contributed by atoms with E-state index in [-0.39, 0.29) is 11.8 Å². The van der Waals surface area contributed by atoms with E-state index in [1.165, 1.54) is 12.8 Å². The normalized spacial score (nSPS) is 18.6. The van der Waals surface area contributed by atoms with Crippen LogP contribution in [-0.2, 0) is 0 Å². The first-order valence-electron chi connectivity index (χ1n) is 4.46. The molecule has 2 nitrogen and oxygen atoms in total. The lowest BCUT2D eigenvalue weighted by Gasteiger charge is -2.12. The van der Waals surface area contributed by atoms with E-state index in [9.17, 15) is 5.11 Å². The molecule has 0 aromatic heterocycles. The Kier molecular flexibility index (Phi) is 2.22. The second-order valence-electron chi connectivity index (χ2n) is 3.61. The van der Waals surface area contributed by atoms with Crippen molar-refractivity contribution in [2.24, 2.45) is 11.7 Å². The number of rotatable bonds is 2. The third kappa shape index (κ3) is 1.81. The zero-order valence-electron chi connectivity index (χ0n) is 7.27. The highest BCUT2D eigenvalue weighted by Crippen LogP contribution is 2.42. The summed E-state index contributed by atoms with van der Waals surface area (Å²) in [4.78, 5) is 0.851. The lowest BCUT2D eigenvalue weighted by molar-refractivity contribution is 0.455. The summed E-state index contributed by atoms with van der Waals surface area (Å²) in [6.07, 6.45) is 2.36. The van der Waals surface area contributed by atoms with E-state index in [2.05, 4.69) is 12.6 Å². The molecule has 0 heterocycles. The van der Waals surface area contributed by atoms with Gasteiger partial charge in [-0.1, -0.05) is 0 Å². The van der Waals surface area contributed by atoms with Crippen LogP contribution >= 0.6 is 12.6 Å². The van der Waals surface area contributed by atoms with Crippen LogP contribution < -0.4 is 5.73 Å². The third-order valence-corrected chi connectivity index (χ3v) is 2.78. The van der Waals surface area contributed by atoms with Gasteiger partial charge in [0, 0.05) is 16.5 Å². The molecule has 3 heteroatoms. The maximum absolute atomic E-state index is 9.57. The Morgan fingerprint density at radius 1 is 1.46 bits per heavy atom. The van der Waals surface area contributed by atoms with Crippen molar-refractivity contribution in [2.45, 2.75) is 23.8 Å². The minimum absolute atomic E-state index is 0.0212. The van der Waals surface area contributed by atoms with Crippen LogP contribution in [0.15, 0.2) is 23.1 Å². The van der Waals surface area contributed by atoms with Gasteiger partial charge in [-0.25, -0.2) is 0 Å². The first kappa shape index (κ1) is 8.91. The highest BCUT2D eigenvalue weighted by atomic mass is 32.1. The molecule has 0 amide bonds. The van der Waals surface area contributed by atoms with Gasteiger partial charge in [0.1, 0.15) is 5.75 Å². The van der Waals surface area contributed by atoms with Gasteiger partial charge < -0.3 is 10.8 Å². The molecule has 1 aliphatic carbocycles. The minimum Gasteiger partial charge on any atom is -0.508 e. The highest BCUT2D eigenvalue weighted by Gasteiger charge is 2.30. The number of nitrogens with two attached hydrogens (primary N) is 1. The summed E-state index contributed by atoms with van der Waals surface area (Å²) in [5.41, 5.74) is 6.80. The molecule has 0 bridgehead atoms. The zero-order chi connectivity index (χ0) is 9.42. The number of hydrogen-bond acceptors (Lipinski definition) is 3. The van der Waals surface area contributed by atoms with E-state index >= 15 is 0 Å². The maximum Gasteiger partial charge on any atom is 0.120 e. The number of thiol groups is 1. The van der Waals surface area contributed by atoms with Crippen LogP contribution in [-0.4, -0.2) is 5.11 Å². The molecule has 0 radical (unpaired) electrons. The number of phenols is 1. The van der Waals surface area contributed by atoms with Crippen molar-refractivity contribution >= 4 is 12.6 Å². The molecule has 1 aliphatic rings. The summed E-state index contributed by atoms with van der Waals surface area (Å²) in [6, 6.07) is 5.25. The molecule has 1 fully saturated rings. The van der Waals surface area contributed by atoms with Crippen LogP contribution in [0.25, 0.3) is 0 Å². The van der Waals surface area contributed by atoms with Gasteiger partial charge in [0.15, 0.2) is 0 Å². The maximum atomic E-state index is 9.57. The predicted molar refractivity (Wildman–Crippen MR) is 55.0 cm³/mol. The van der Waals surface area contributed by atoms with Crippen LogP contribution in [0.4, 0.5) is 0 Å². The Balaban J connectivity index is 2.31. The first-order chi connectivity index (χ1) is 6.18. The van der Waals surface area contributed by atoms with Crippen LogP contribution in [0.5, 0.6) is 5.75 Å². The smallest absolute Gasteiger partial charge is 0.120 e. The number of hydrogen-bond donors (Lipinski definition) is 3. The third-order valence-electron chi connectivity index (χ3n) is 2.50. The Hall–Kier alpha value is -0.670. The molecule has 3 N–H and O–H groups in total. The molecule has 1 saturated carbocycles. The fourth-order valence-electron chi connectivity index (χ4n) is 1.52. The second-order valence-corrected chi connectivity index (χ2v) is 4.12. The lowest BCUT2D eigenvalue weighted by atomic mass is 10.0. The van der Waals surface area contributed by atoms with Gasteiger partial charge in [0.2, 0.25) is 0 Å². The van der Waals surface area contributed by atoms with Crippen LogP contribution in [0.3, 0.4) is 0 Å². The van der Waals surface area contributed by atoms with Gasteiger partial charge in [-0.2, -0.15) is 0 Å². The van der Waals surface area contributed by atoms with Crippen molar-refractivity contribution in [2.75, 3.05) is 0 Å². The van der Waals surface area contributed by atoms with Crippen molar-refractivity contribution in [3.8, 4) is 5.75 Å². The Labute approximate surface area is 83.2 Å². The molecule has 13 heavy (non-hydrogen) atoms. The molecule has 1 aromatic carbocycles. The van der Waals surface area contributed by atoms with Crippen LogP contribution in [0, 0.1) is 5.92 Å². The fraction of sp³-hybridized carbons (Fsp3) is 0.400. The molecule has 0 aliphatic heterocycles. The molecule has 0 unspecified atom stereocenters. The lowest BCUT2D eigenvalue weighted by Crippen LogP contribution is -2.12. The van der Waals surface area contributed by atoms with Gasteiger partial charge in [0.05, 0.1) is 0 Å². The van der Waals surface area contributed by atoms with Gasteiger partial charge >= 0.3 is 0 Å². The highest BCUT2D eigenvalue weighted by molar-refractivity contribution is 7.80. The summed E-state index contributed by atoms with van der Waals surface area (Å²) in [6.45, 7) is 0. The quantitative estimate of drug-likeness (QED) is 0.633. The van der Waals surface area contributed by atoms with Crippen molar-refractivity contribution in [3.05, 3.63) is 23.8 Å². The summed E-state index contributed by atoms with van der Waals surface area (Å²) in [5.74, 6) is 0.846. The number of benzene rings is 1. The second kappa shape index (κ2) is 3.24. The average molecular weight is 195 g/mol. The molecule has 1 aromatic rings. The van der Waals surface area contributed by atoms with E-state index in [0.29, 0.717) is 5.92 Å². The molecule has 0 saturated heterocycles. The van der Waals surface area contributed by atoms with E-state index in [1.807, 2.05) is 6.07 Å². The summed E-state index contributed by atoms with van der Waals surface area (Å²) < 4.78 is 0. The van der Waals surface area contributed by atoms with E-state index < -0.39 is 0 Å². The van der Waals surface area contributed by atoms with E-state index in [4.69, 9.17) is 5.73 Å². The molecule has 1 atom stereocenters. The van der Waals surface area contributed by atoms with Crippen molar-refractivity contribution < 1.29 is 5.11 Å². The predicted octanol–water partition coefficient (Wildman–Crippen LogP) is 2.09. The van der Waals surface area contributed by atoms with Crippen molar-refractivity contribution in [1.29, 1.82) is 0 Å². The minimum atomic E-state index is -0.0212. The van der Waals surface area contributed by atoms with Gasteiger partial charge in [-0.15, -0.1) is 12.6 Å². The topological polar surface area (TPSA) is 46.2 Å². The molecule has 2 rings (SSSR count). The van der Waals surface area contributed by atoms with Crippen molar-refractivity contribution in [3.63, 3.8) is 0 Å². The summed E-state index contributed by atoms with van der Waals surface area (Å²) in [7, 11) is 0. The van der Waals surface area contributed by atoms with Crippen LogP contribution in [0.2, 0.25) is 0 Å². The Morgan fingerprint density at radius 2 is 2.15 bits per heavy atom. The Morgan fingerprint density at radius 3 is 2.77 bits per heavy atom. The zero-order valence-corrected chi connectivity index (χ0v) is 8.17. The average Bonchev–Trinajstić information content (AvgIpc) is 2.91. The number of phenolic OH excluding ortho intramolecular Hbond substituents is 1. The van der Waals surface area contributed by atoms with Gasteiger partial charge in [-0.3, -0.25) is 0 Å². The molecular formula is C10H13NOS. The SMILES string of the molecule is N[C@@H](c1cc(S)ccc1O)C1CC1. The summed E-state index contributed by atoms with van der Waals surface area (Å²) in [5, 5.41) is 9.57. The standard InChI is InChI=1S/C10H13NOS/c11-10(6-1-2-6)8-5-7(13)3-4-9(8)12/h3-6,10,12-13H,1-2,11H2/t10-/m1/s1. The number of aromatic hydroxyl groups is 1. The van der Waals surface area contributed by atoms with Gasteiger partial charge in [-0.05, 0) is 37.0 Å². The molecule has 70 valence electrons. The van der Waals surface area contributed by atoms with E-state index in [0.717, 1.165) is 10.5 Å². The Bertz CT molecular complexity index is 323. The monoisotopic (exact) mass is 195 g/mol. The van der Waals surface area contributed by atoms with Gasteiger partial charge in [0.25, 0.3) is 0 Å². The van der Waals surface area contributed by atoms with Crippen molar-refractivity contribution in [1.82, 2.24) is 0 Å². The molecular weight excluding hydrogens is 182 g/mol.